The second-order valence-electron chi connectivity index (χ2n) is 10.4. The number of aryl methyl sites for hydroxylation is 2. The molecule has 0 saturated heterocycles. The van der Waals surface area contributed by atoms with E-state index in [4.69, 9.17) is 9.72 Å². The number of aliphatic carboxylic acids is 1. The van der Waals surface area contributed by atoms with Crippen LogP contribution >= 0.6 is 0 Å². The molecule has 5 rings (SSSR count). The van der Waals surface area contributed by atoms with Gasteiger partial charge in [0.2, 0.25) is 0 Å². The summed E-state index contributed by atoms with van der Waals surface area (Å²) in [6.07, 6.45) is 12.6. The molecule has 0 aromatic carbocycles. The van der Waals surface area contributed by atoms with E-state index in [1.807, 2.05) is 0 Å². The zero-order chi connectivity index (χ0) is 29.9. The third-order valence-electron chi connectivity index (χ3n) is 7.21. The average molecular weight is 590 g/mol. The maximum absolute atomic E-state index is 13.5. The van der Waals surface area contributed by atoms with Gasteiger partial charge in [0, 0.05) is 49.9 Å². The van der Waals surface area contributed by atoms with Gasteiger partial charge in [0.05, 0.1) is 12.4 Å². The summed E-state index contributed by atoms with van der Waals surface area (Å²) in [7, 11) is 0. The summed E-state index contributed by atoms with van der Waals surface area (Å²) >= 11 is 0. The molecule has 4 aromatic heterocycles. The van der Waals surface area contributed by atoms with Gasteiger partial charge in [-0.05, 0) is 62.8 Å². The van der Waals surface area contributed by atoms with Crippen LogP contribution in [0.4, 0.5) is 16.0 Å². The van der Waals surface area contributed by atoms with E-state index in [9.17, 15) is 14.3 Å². The van der Waals surface area contributed by atoms with Crippen LogP contribution in [0.1, 0.15) is 36.9 Å². The molecule has 0 fully saturated rings. The molecule has 0 aliphatic carbocycles. The van der Waals surface area contributed by atoms with Crippen LogP contribution in [0, 0.1) is 5.82 Å². The summed E-state index contributed by atoms with van der Waals surface area (Å²) in [5.41, 5.74) is 2.34. The fraction of sp³-hybridized carbons (Fsp3) is 0.400. The Kier molecular flexibility index (Phi) is 10.4. The van der Waals surface area contributed by atoms with E-state index in [1.54, 1.807) is 29.2 Å². The Hall–Kier alpha value is -4.65. The minimum Gasteiger partial charge on any atom is -0.491 e. The van der Waals surface area contributed by atoms with Crippen molar-refractivity contribution in [2.75, 3.05) is 43.4 Å². The number of nitrogens with zero attached hydrogens (tertiary/aromatic N) is 7. The zero-order valence-electron chi connectivity index (χ0n) is 23.9. The highest BCUT2D eigenvalue weighted by Crippen LogP contribution is 2.20. The highest BCUT2D eigenvalue weighted by atomic mass is 19.1. The largest absolute Gasteiger partial charge is 0.491 e. The number of anilines is 2. The van der Waals surface area contributed by atoms with E-state index in [2.05, 4.69) is 47.7 Å². The highest BCUT2D eigenvalue weighted by molar-refractivity contribution is 5.76. The Morgan fingerprint density at radius 1 is 1.19 bits per heavy atom. The normalized spacial score (nSPS) is 13.3. The van der Waals surface area contributed by atoms with Gasteiger partial charge in [-0.15, -0.1) is 0 Å². The average Bonchev–Trinajstić information content (AvgIpc) is 3.56. The molecule has 0 unspecified atom stereocenters. The van der Waals surface area contributed by atoms with Crippen molar-refractivity contribution in [3.05, 3.63) is 78.5 Å². The van der Waals surface area contributed by atoms with Gasteiger partial charge in [-0.1, -0.05) is 6.07 Å². The van der Waals surface area contributed by atoms with Crippen LogP contribution < -0.4 is 15.4 Å². The van der Waals surface area contributed by atoms with E-state index in [0.29, 0.717) is 43.5 Å². The van der Waals surface area contributed by atoms with Crippen LogP contribution in [0.5, 0.6) is 5.75 Å². The number of nitrogens with one attached hydrogen (secondary N) is 2. The van der Waals surface area contributed by atoms with Crippen molar-refractivity contribution >= 4 is 17.6 Å². The number of ether oxygens (including phenoxy) is 1. The third-order valence-corrected chi connectivity index (χ3v) is 7.21. The van der Waals surface area contributed by atoms with Crippen molar-refractivity contribution in [1.29, 1.82) is 0 Å². The molecule has 0 radical (unpaired) electrons. The summed E-state index contributed by atoms with van der Waals surface area (Å²) in [5.74, 6) is 0.843. The Balaban J connectivity index is 1.16. The van der Waals surface area contributed by atoms with E-state index < -0.39 is 17.8 Å². The van der Waals surface area contributed by atoms with Crippen molar-refractivity contribution in [3.63, 3.8) is 0 Å². The Labute approximate surface area is 249 Å². The molecule has 0 amide bonds. The molecule has 13 heteroatoms. The Morgan fingerprint density at radius 2 is 2.12 bits per heavy atom. The summed E-state index contributed by atoms with van der Waals surface area (Å²) in [6, 6.07) is 8.14. The molecular weight excluding hydrogens is 553 g/mol. The van der Waals surface area contributed by atoms with Gasteiger partial charge < -0.3 is 20.5 Å². The lowest BCUT2D eigenvalue weighted by Gasteiger charge is -2.24. The van der Waals surface area contributed by atoms with E-state index >= 15 is 0 Å². The molecule has 0 spiro atoms. The molecular formula is C30H36FN9O3. The molecule has 0 saturated carbocycles. The summed E-state index contributed by atoms with van der Waals surface area (Å²) < 4.78 is 20.8. The maximum Gasteiger partial charge on any atom is 0.326 e. The van der Waals surface area contributed by atoms with Gasteiger partial charge in [-0.2, -0.15) is 5.10 Å². The number of carboxylic acid groups (broad SMARTS) is 1. The van der Waals surface area contributed by atoms with Gasteiger partial charge in [0.1, 0.15) is 42.2 Å². The number of hydrogen-bond donors (Lipinski definition) is 3. The molecule has 3 N–H and O–H groups in total. The number of fused-ring (bicyclic) bond motifs is 1. The SMILES string of the molecule is O=C(O)[C@H](CCN(CCCCc1ccc2c(n1)NCCC2)CCOc1cncc(F)c1)Nc1cc(-n2cccn2)ncn1. The van der Waals surface area contributed by atoms with Crippen molar-refractivity contribution in [1.82, 2.24) is 34.6 Å². The number of pyridine rings is 2. The first kappa shape index (κ1) is 29.8. The summed E-state index contributed by atoms with van der Waals surface area (Å²) in [6.45, 7) is 3.07. The zero-order valence-corrected chi connectivity index (χ0v) is 23.9. The maximum atomic E-state index is 13.5. The molecule has 1 aliphatic heterocycles. The molecule has 226 valence electrons. The van der Waals surface area contributed by atoms with Crippen LogP contribution in [-0.4, -0.2) is 84.5 Å². The van der Waals surface area contributed by atoms with Crippen molar-refractivity contribution < 1.29 is 19.0 Å². The number of rotatable bonds is 16. The molecule has 1 atom stereocenters. The minimum atomic E-state index is -0.978. The molecule has 4 aromatic rings. The monoisotopic (exact) mass is 589 g/mol. The lowest BCUT2D eigenvalue weighted by Crippen LogP contribution is -2.37. The van der Waals surface area contributed by atoms with E-state index in [1.165, 1.54) is 24.2 Å². The standard InChI is InChI=1S/C30H36FN9O3/c31-23-17-25(20-32-19-23)43-16-15-39(12-2-1-6-24-8-7-22-5-3-10-33-29(22)37-24)14-9-26(30(41)42)38-27-18-28(35-21-34-27)40-13-4-11-36-40/h4,7-8,11,13,17-21,26H,1-3,5-6,9-10,12,14-16H2,(H,33,37)(H,41,42)(H,34,35,38)/t26-/m0/s1. The smallest absolute Gasteiger partial charge is 0.326 e. The van der Waals surface area contributed by atoms with Gasteiger partial charge in [-0.25, -0.2) is 28.8 Å². The topological polar surface area (TPSA) is 143 Å². The highest BCUT2D eigenvalue weighted by Gasteiger charge is 2.20. The van der Waals surface area contributed by atoms with Crippen LogP contribution in [0.25, 0.3) is 5.82 Å². The first-order valence-electron chi connectivity index (χ1n) is 14.5. The lowest BCUT2D eigenvalue weighted by atomic mass is 10.1. The number of aromatic nitrogens is 6. The van der Waals surface area contributed by atoms with Crippen LogP contribution in [-0.2, 0) is 17.6 Å². The van der Waals surface area contributed by atoms with Crippen LogP contribution in [0.15, 0.2) is 61.4 Å². The molecule has 5 heterocycles. The van der Waals surface area contributed by atoms with Crippen molar-refractivity contribution in [2.24, 2.45) is 0 Å². The van der Waals surface area contributed by atoms with Crippen molar-refractivity contribution in [2.45, 2.75) is 44.6 Å². The first-order chi connectivity index (χ1) is 21.0. The summed E-state index contributed by atoms with van der Waals surface area (Å²) in [4.78, 5) is 31.3. The molecule has 0 bridgehead atoms. The van der Waals surface area contributed by atoms with Gasteiger partial charge >= 0.3 is 5.97 Å². The third kappa shape index (κ3) is 8.92. The quantitative estimate of drug-likeness (QED) is 0.165. The number of hydrogen-bond acceptors (Lipinski definition) is 10. The van der Waals surface area contributed by atoms with Crippen LogP contribution in [0.3, 0.4) is 0 Å². The Morgan fingerprint density at radius 3 is 2.95 bits per heavy atom. The molecule has 1 aliphatic rings. The first-order valence-corrected chi connectivity index (χ1v) is 14.5. The number of halogens is 1. The minimum absolute atomic E-state index is 0.313. The van der Waals surface area contributed by atoms with Crippen molar-refractivity contribution in [3.8, 4) is 11.6 Å². The van der Waals surface area contributed by atoms with E-state index in [0.717, 1.165) is 62.9 Å². The van der Waals surface area contributed by atoms with E-state index in [-0.39, 0.29) is 0 Å². The van der Waals surface area contributed by atoms with Gasteiger partial charge in [-0.3, -0.25) is 9.88 Å². The Bertz CT molecular complexity index is 1470. The lowest BCUT2D eigenvalue weighted by molar-refractivity contribution is -0.138. The predicted molar refractivity (Wildman–Crippen MR) is 159 cm³/mol. The van der Waals surface area contributed by atoms with Gasteiger partial charge in [0.25, 0.3) is 0 Å². The number of unbranched alkanes of at least 4 members (excludes halogenated alkanes) is 1. The van der Waals surface area contributed by atoms with Gasteiger partial charge in [0.15, 0.2) is 5.82 Å². The number of carboxylic acids is 1. The second-order valence-corrected chi connectivity index (χ2v) is 10.4. The summed E-state index contributed by atoms with van der Waals surface area (Å²) in [5, 5.41) is 20.5. The fourth-order valence-electron chi connectivity index (χ4n) is 4.95. The second kappa shape index (κ2) is 15.0. The van der Waals surface area contributed by atoms with Crippen LogP contribution in [0.2, 0.25) is 0 Å². The fourth-order valence-corrected chi connectivity index (χ4v) is 4.95. The molecule has 43 heavy (non-hydrogen) atoms. The number of carbonyl (C=O) groups is 1. The predicted octanol–water partition coefficient (Wildman–Crippen LogP) is 3.61. The molecule has 12 nitrogen and oxygen atoms in total.